The summed E-state index contributed by atoms with van der Waals surface area (Å²) in [5.41, 5.74) is 1.43. The van der Waals surface area contributed by atoms with Gasteiger partial charge in [0.1, 0.15) is 0 Å². The van der Waals surface area contributed by atoms with Gasteiger partial charge in [-0.3, -0.25) is 0 Å². The number of hydrogen-bond donors (Lipinski definition) is 1. The average Bonchev–Trinajstić information content (AvgIpc) is 2.40. The van der Waals surface area contributed by atoms with Gasteiger partial charge in [0.05, 0.1) is 0 Å². The fraction of sp³-hybridized carbons (Fsp3) is 0.647. The summed E-state index contributed by atoms with van der Waals surface area (Å²) < 4.78 is 0. The molecule has 1 fully saturated rings. The first-order valence-electron chi connectivity index (χ1n) is 7.67. The van der Waals surface area contributed by atoms with Crippen molar-refractivity contribution in [2.24, 2.45) is 11.8 Å². The van der Waals surface area contributed by atoms with E-state index in [0.29, 0.717) is 5.92 Å². The van der Waals surface area contributed by atoms with E-state index in [9.17, 15) is 0 Å². The molecule has 0 radical (unpaired) electrons. The molecule has 3 unspecified atom stereocenters. The summed E-state index contributed by atoms with van der Waals surface area (Å²) >= 11 is 6.16. The Labute approximate surface area is 122 Å². The number of hydrogen-bond acceptors (Lipinski definition) is 1. The van der Waals surface area contributed by atoms with Crippen LogP contribution < -0.4 is 5.32 Å². The lowest BCUT2D eigenvalue weighted by Gasteiger charge is -2.35. The molecule has 106 valence electrons. The normalized spacial score (nSPS) is 27.4. The SMILES string of the molecule is CCCNCC1CCC(C)CC1c1cccc(Cl)c1. The van der Waals surface area contributed by atoms with Crippen LogP contribution in [-0.2, 0) is 0 Å². The molecule has 1 aromatic carbocycles. The summed E-state index contributed by atoms with van der Waals surface area (Å²) in [5, 5.41) is 4.47. The van der Waals surface area contributed by atoms with Gasteiger partial charge in [0, 0.05) is 5.02 Å². The van der Waals surface area contributed by atoms with Crippen molar-refractivity contribution < 1.29 is 0 Å². The molecule has 2 heteroatoms. The van der Waals surface area contributed by atoms with Gasteiger partial charge >= 0.3 is 0 Å². The maximum absolute atomic E-state index is 6.16. The van der Waals surface area contributed by atoms with E-state index < -0.39 is 0 Å². The lowest BCUT2D eigenvalue weighted by molar-refractivity contribution is 0.242. The second-order valence-electron chi connectivity index (χ2n) is 6.04. The molecule has 0 aromatic heterocycles. The second-order valence-corrected chi connectivity index (χ2v) is 6.48. The molecule has 1 aromatic rings. The van der Waals surface area contributed by atoms with Crippen molar-refractivity contribution in [2.45, 2.75) is 45.4 Å². The van der Waals surface area contributed by atoms with E-state index in [-0.39, 0.29) is 0 Å². The monoisotopic (exact) mass is 279 g/mol. The first kappa shape index (κ1) is 14.9. The molecule has 1 N–H and O–H groups in total. The fourth-order valence-corrected chi connectivity index (χ4v) is 3.50. The summed E-state index contributed by atoms with van der Waals surface area (Å²) in [6.07, 6.45) is 5.23. The summed E-state index contributed by atoms with van der Waals surface area (Å²) in [4.78, 5) is 0. The van der Waals surface area contributed by atoms with Crippen molar-refractivity contribution in [2.75, 3.05) is 13.1 Å². The highest BCUT2D eigenvalue weighted by atomic mass is 35.5. The number of halogens is 1. The van der Waals surface area contributed by atoms with Crippen LogP contribution in [0.1, 0.15) is 51.0 Å². The first-order chi connectivity index (χ1) is 9.20. The largest absolute Gasteiger partial charge is 0.316 e. The molecule has 0 amide bonds. The van der Waals surface area contributed by atoms with Crippen LogP contribution >= 0.6 is 11.6 Å². The molecule has 1 nitrogen and oxygen atoms in total. The van der Waals surface area contributed by atoms with E-state index in [1.165, 1.54) is 31.2 Å². The van der Waals surface area contributed by atoms with Crippen LogP contribution in [0, 0.1) is 11.8 Å². The number of rotatable bonds is 5. The number of benzene rings is 1. The Morgan fingerprint density at radius 1 is 1.32 bits per heavy atom. The molecule has 2 rings (SSSR count). The van der Waals surface area contributed by atoms with Crippen molar-refractivity contribution in [3.8, 4) is 0 Å². The minimum Gasteiger partial charge on any atom is -0.316 e. The first-order valence-corrected chi connectivity index (χ1v) is 8.04. The molecule has 0 bridgehead atoms. The molecule has 3 atom stereocenters. The van der Waals surface area contributed by atoms with Crippen molar-refractivity contribution in [1.29, 1.82) is 0 Å². The molecule has 1 aliphatic carbocycles. The van der Waals surface area contributed by atoms with Gasteiger partial charge in [-0.05, 0) is 67.8 Å². The van der Waals surface area contributed by atoms with E-state index in [1.807, 2.05) is 6.07 Å². The molecular formula is C17H26ClN. The van der Waals surface area contributed by atoms with Crippen molar-refractivity contribution in [3.05, 3.63) is 34.9 Å². The zero-order valence-electron chi connectivity index (χ0n) is 12.2. The Morgan fingerprint density at radius 3 is 2.89 bits per heavy atom. The number of nitrogens with one attached hydrogen (secondary N) is 1. The van der Waals surface area contributed by atoms with Gasteiger partial charge in [-0.2, -0.15) is 0 Å². The van der Waals surface area contributed by atoms with E-state index >= 15 is 0 Å². The van der Waals surface area contributed by atoms with Crippen LogP contribution in [0.2, 0.25) is 5.02 Å². The third-order valence-electron chi connectivity index (χ3n) is 4.37. The Kier molecular flexibility index (Phi) is 5.72. The van der Waals surface area contributed by atoms with E-state index in [0.717, 1.165) is 29.9 Å². The van der Waals surface area contributed by atoms with Crippen LogP contribution in [0.25, 0.3) is 0 Å². The summed E-state index contributed by atoms with van der Waals surface area (Å²) in [7, 11) is 0. The molecule has 19 heavy (non-hydrogen) atoms. The Bertz CT molecular complexity index is 391. The molecular weight excluding hydrogens is 254 g/mol. The van der Waals surface area contributed by atoms with Crippen molar-refractivity contribution in [1.82, 2.24) is 5.32 Å². The lowest BCUT2D eigenvalue weighted by Crippen LogP contribution is -2.31. The predicted octanol–water partition coefficient (Wildman–Crippen LogP) is 4.86. The highest BCUT2D eigenvalue weighted by Gasteiger charge is 2.29. The van der Waals surface area contributed by atoms with Crippen LogP contribution in [0.3, 0.4) is 0 Å². The molecule has 0 aliphatic heterocycles. The quantitative estimate of drug-likeness (QED) is 0.759. The van der Waals surface area contributed by atoms with Crippen molar-refractivity contribution in [3.63, 3.8) is 0 Å². The predicted molar refractivity (Wildman–Crippen MR) is 83.9 cm³/mol. The van der Waals surface area contributed by atoms with Crippen LogP contribution in [-0.4, -0.2) is 13.1 Å². The van der Waals surface area contributed by atoms with Crippen molar-refractivity contribution >= 4 is 11.6 Å². The maximum atomic E-state index is 6.16. The Morgan fingerprint density at radius 2 is 2.16 bits per heavy atom. The van der Waals surface area contributed by atoms with E-state index in [1.54, 1.807) is 0 Å². The minimum absolute atomic E-state index is 0.673. The smallest absolute Gasteiger partial charge is 0.0408 e. The van der Waals surface area contributed by atoms with Gasteiger partial charge in [-0.25, -0.2) is 0 Å². The van der Waals surface area contributed by atoms with Crippen LogP contribution in [0.15, 0.2) is 24.3 Å². The third kappa shape index (κ3) is 4.22. The maximum Gasteiger partial charge on any atom is 0.0408 e. The summed E-state index contributed by atoms with van der Waals surface area (Å²) in [6, 6.07) is 8.48. The van der Waals surface area contributed by atoms with Gasteiger partial charge in [-0.1, -0.05) is 44.0 Å². The molecule has 0 heterocycles. The van der Waals surface area contributed by atoms with E-state index in [2.05, 4.69) is 37.4 Å². The standard InChI is InChI=1S/C17H26ClN/c1-3-9-19-12-15-8-7-13(2)10-17(15)14-5-4-6-16(18)11-14/h4-6,11,13,15,17,19H,3,7-10,12H2,1-2H3. The van der Waals surface area contributed by atoms with Gasteiger partial charge < -0.3 is 5.32 Å². The molecule has 0 spiro atoms. The van der Waals surface area contributed by atoms with Gasteiger partial charge in [-0.15, -0.1) is 0 Å². The van der Waals surface area contributed by atoms with Crippen LogP contribution in [0.4, 0.5) is 0 Å². The molecule has 1 aliphatic rings. The fourth-order valence-electron chi connectivity index (χ4n) is 3.30. The topological polar surface area (TPSA) is 12.0 Å². The highest BCUT2D eigenvalue weighted by molar-refractivity contribution is 6.30. The van der Waals surface area contributed by atoms with E-state index in [4.69, 9.17) is 11.6 Å². The zero-order valence-corrected chi connectivity index (χ0v) is 12.9. The Balaban J connectivity index is 2.07. The van der Waals surface area contributed by atoms with Crippen LogP contribution in [0.5, 0.6) is 0 Å². The van der Waals surface area contributed by atoms with Gasteiger partial charge in [0.15, 0.2) is 0 Å². The minimum atomic E-state index is 0.673. The third-order valence-corrected chi connectivity index (χ3v) is 4.60. The zero-order chi connectivity index (χ0) is 13.7. The average molecular weight is 280 g/mol. The molecule has 1 saturated carbocycles. The van der Waals surface area contributed by atoms with Gasteiger partial charge in [0.25, 0.3) is 0 Å². The highest BCUT2D eigenvalue weighted by Crippen LogP contribution is 2.40. The second kappa shape index (κ2) is 7.31. The van der Waals surface area contributed by atoms with Gasteiger partial charge in [0.2, 0.25) is 0 Å². The summed E-state index contributed by atoms with van der Waals surface area (Å²) in [6.45, 7) is 6.89. The Hall–Kier alpha value is -0.530. The summed E-state index contributed by atoms with van der Waals surface area (Å²) in [5.74, 6) is 2.28. The molecule has 0 saturated heterocycles. The lowest BCUT2D eigenvalue weighted by atomic mass is 9.71.